The van der Waals surface area contributed by atoms with Crippen molar-refractivity contribution in [1.29, 1.82) is 0 Å². The molecule has 0 unspecified atom stereocenters. The molecule has 1 aliphatic heterocycles. The lowest BCUT2D eigenvalue weighted by Gasteiger charge is -2.23. The van der Waals surface area contributed by atoms with Crippen molar-refractivity contribution in [3.05, 3.63) is 59.2 Å². The number of nitrogens with zero attached hydrogens (tertiary/aromatic N) is 1. The van der Waals surface area contributed by atoms with Gasteiger partial charge in [-0.15, -0.1) is 0 Å². The van der Waals surface area contributed by atoms with Gasteiger partial charge >= 0.3 is 5.97 Å². The first kappa shape index (κ1) is 19.9. The molecule has 0 saturated carbocycles. The zero-order valence-corrected chi connectivity index (χ0v) is 16.7. The normalized spacial score (nSPS) is 15.8. The van der Waals surface area contributed by atoms with Crippen LogP contribution < -0.4 is 9.62 Å². The number of ether oxygens (including phenoxy) is 1. The van der Waals surface area contributed by atoms with Crippen LogP contribution in [0.5, 0.6) is 0 Å². The predicted molar refractivity (Wildman–Crippen MR) is 107 cm³/mol. The molecular weight excluding hydrogens is 380 g/mol. The van der Waals surface area contributed by atoms with E-state index in [4.69, 9.17) is 4.74 Å². The summed E-state index contributed by atoms with van der Waals surface area (Å²) in [7, 11) is -2.10. The first-order valence-corrected chi connectivity index (χ1v) is 10.5. The van der Waals surface area contributed by atoms with Gasteiger partial charge in [0.05, 0.1) is 29.8 Å². The first-order chi connectivity index (χ1) is 13.3. The van der Waals surface area contributed by atoms with Crippen molar-refractivity contribution in [1.82, 2.24) is 0 Å². The second kappa shape index (κ2) is 7.63. The van der Waals surface area contributed by atoms with Crippen molar-refractivity contribution in [2.75, 3.05) is 22.5 Å². The van der Waals surface area contributed by atoms with Gasteiger partial charge in [-0.3, -0.25) is 9.10 Å². The molecule has 1 amide bonds. The number of carbonyl (C=O) groups is 2. The molecule has 1 atom stereocenters. The van der Waals surface area contributed by atoms with Gasteiger partial charge in [0.25, 0.3) is 5.91 Å². The summed E-state index contributed by atoms with van der Waals surface area (Å²) < 4.78 is 30.9. The molecule has 8 heteroatoms. The van der Waals surface area contributed by atoms with Crippen molar-refractivity contribution in [2.24, 2.45) is 0 Å². The third kappa shape index (κ3) is 3.60. The third-order valence-corrected chi connectivity index (χ3v) is 6.63. The molecule has 0 fully saturated rings. The van der Waals surface area contributed by atoms with Gasteiger partial charge < -0.3 is 10.1 Å². The number of amides is 1. The number of methoxy groups -OCH3 is 1. The Kier molecular flexibility index (Phi) is 5.42. The van der Waals surface area contributed by atoms with Crippen LogP contribution in [0, 0.1) is 0 Å². The van der Waals surface area contributed by atoms with E-state index in [1.807, 2.05) is 6.92 Å². The number of anilines is 2. The van der Waals surface area contributed by atoms with Crippen LogP contribution in [0.1, 0.15) is 40.1 Å². The standard InChI is InChI=1S/C20H22N2O5S/c1-4-28(25,26)22-13(2)11-15-12-14(9-10-18(15)22)19(23)21-17-8-6-5-7-16(17)20(24)27-3/h5-10,12-13H,4,11H2,1-3H3,(H,21,23)/t13-/m1/s1. The SMILES string of the molecule is CCS(=O)(=O)N1c2ccc(C(=O)Nc3ccccc3C(=O)OC)cc2C[C@H]1C. The van der Waals surface area contributed by atoms with Gasteiger partial charge in [0, 0.05) is 11.6 Å². The average Bonchev–Trinajstić information content (AvgIpc) is 3.03. The Morgan fingerprint density at radius 2 is 1.93 bits per heavy atom. The Hall–Kier alpha value is -2.87. The highest BCUT2D eigenvalue weighted by molar-refractivity contribution is 7.92. The van der Waals surface area contributed by atoms with Gasteiger partial charge in [0.15, 0.2) is 0 Å². The molecule has 2 aromatic carbocycles. The second-order valence-corrected chi connectivity index (χ2v) is 8.72. The third-order valence-electron chi connectivity index (χ3n) is 4.74. The topological polar surface area (TPSA) is 92.8 Å². The fraction of sp³-hybridized carbons (Fsp3) is 0.300. The van der Waals surface area contributed by atoms with Gasteiger partial charge in [-0.2, -0.15) is 0 Å². The number of para-hydroxylation sites is 1. The van der Waals surface area contributed by atoms with Crippen LogP contribution in [0.2, 0.25) is 0 Å². The monoisotopic (exact) mass is 402 g/mol. The van der Waals surface area contributed by atoms with Gasteiger partial charge in [-0.1, -0.05) is 12.1 Å². The molecule has 148 valence electrons. The van der Waals surface area contributed by atoms with Crippen molar-refractivity contribution in [3.8, 4) is 0 Å². The van der Waals surface area contributed by atoms with Crippen molar-refractivity contribution >= 4 is 33.3 Å². The summed E-state index contributed by atoms with van der Waals surface area (Å²) in [6, 6.07) is 11.3. The molecule has 0 bridgehead atoms. The second-order valence-electron chi connectivity index (χ2n) is 6.58. The van der Waals surface area contributed by atoms with E-state index in [9.17, 15) is 18.0 Å². The van der Waals surface area contributed by atoms with Gasteiger partial charge in [0.2, 0.25) is 10.0 Å². The number of fused-ring (bicyclic) bond motifs is 1. The fourth-order valence-corrected chi connectivity index (χ4v) is 4.76. The average molecular weight is 402 g/mol. The maximum Gasteiger partial charge on any atom is 0.339 e. The van der Waals surface area contributed by atoms with Crippen LogP contribution in [0.15, 0.2) is 42.5 Å². The van der Waals surface area contributed by atoms with E-state index < -0.39 is 16.0 Å². The summed E-state index contributed by atoms with van der Waals surface area (Å²) in [6.45, 7) is 3.46. The Morgan fingerprint density at radius 1 is 1.21 bits per heavy atom. The number of carbonyl (C=O) groups excluding carboxylic acids is 2. The number of hydrogen-bond donors (Lipinski definition) is 1. The van der Waals surface area contributed by atoms with Crippen LogP contribution in [-0.2, 0) is 21.2 Å². The molecule has 1 heterocycles. The molecule has 1 aliphatic rings. The highest BCUT2D eigenvalue weighted by Crippen LogP contribution is 2.35. The highest BCUT2D eigenvalue weighted by atomic mass is 32.2. The lowest BCUT2D eigenvalue weighted by atomic mass is 10.1. The Morgan fingerprint density at radius 3 is 2.61 bits per heavy atom. The van der Waals surface area contributed by atoms with Gasteiger partial charge in [0.1, 0.15) is 0 Å². The van der Waals surface area contributed by atoms with Crippen LogP contribution in [-0.4, -0.2) is 39.2 Å². The number of hydrogen-bond acceptors (Lipinski definition) is 5. The molecular formula is C20H22N2O5S. The van der Waals surface area contributed by atoms with Crippen LogP contribution in [0.3, 0.4) is 0 Å². The van der Waals surface area contributed by atoms with E-state index in [2.05, 4.69) is 5.32 Å². The minimum atomic E-state index is -3.38. The van der Waals surface area contributed by atoms with Crippen molar-refractivity contribution in [3.63, 3.8) is 0 Å². The van der Waals surface area contributed by atoms with E-state index in [1.165, 1.54) is 11.4 Å². The van der Waals surface area contributed by atoms with Crippen LogP contribution in [0.25, 0.3) is 0 Å². The maximum atomic E-state index is 12.7. The zero-order chi connectivity index (χ0) is 20.5. The number of sulfonamides is 1. The quantitative estimate of drug-likeness (QED) is 0.777. The van der Waals surface area contributed by atoms with Gasteiger partial charge in [-0.05, 0) is 56.2 Å². The molecule has 1 N–H and O–H groups in total. The van der Waals surface area contributed by atoms with E-state index >= 15 is 0 Å². The minimum Gasteiger partial charge on any atom is -0.465 e. The smallest absolute Gasteiger partial charge is 0.339 e. The molecule has 0 aliphatic carbocycles. The Labute approximate surface area is 164 Å². The summed E-state index contributed by atoms with van der Waals surface area (Å²) in [6.07, 6.45) is 0.536. The van der Waals surface area contributed by atoms with Crippen LogP contribution >= 0.6 is 0 Å². The summed E-state index contributed by atoms with van der Waals surface area (Å²) in [5, 5.41) is 2.73. The van der Waals surface area contributed by atoms with Gasteiger partial charge in [-0.25, -0.2) is 13.2 Å². The molecule has 7 nitrogen and oxygen atoms in total. The molecule has 0 spiro atoms. The first-order valence-electron chi connectivity index (χ1n) is 8.92. The maximum absolute atomic E-state index is 12.7. The summed E-state index contributed by atoms with van der Waals surface area (Å²) in [4.78, 5) is 24.6. The number of esters is 1. The van der Waals surface area contributed by atoms with E-state index in [0.717, 1.165) is 5.56 Å². The summed E-state index contributed by atoms with van der Waals surface area (Å²) in [5.74, 6) is -0.911. The lowest BCUT2D eigenvalue weighted by molar-refractivity contribution is 0.0602. The summed E-state index contributed by atoms with van der Waals surface area (Å²) >= 11 is 0. The predicted octanol–water partition coefficient (Wildman–Crippen LogP) is 2.83. The van der Waals surface area contributed by atoms with Crippen molar-refractivity contribution in [2.45, 2.75) is 26.3 Å². The summed E-state index contributed by atoms with van der Waals surface area (Å²) in [5.41, 5.74) is 2.41. The Balaban J connectivity index is 1.89. The zero-order valence-electron chi connectivity index (χ0n) is 15.9. The molecule has 3 rings (SSSR count). The largest absolute Gasteiger partial charge is 0.465 e. The molecule has 0 radical (unpaired) electrons. The van der Waals surface area contributed by atoms with Crippen LogP contribution in [0.4, 0.5) is 11.4 Å². The van der Waals surface area contributed by atoms with E-state index in [1.54, 1.807) is 49.4 Å². The molecule has 2 aromatic rings. The lowest BCUT2D eigenvalue weighted by Crippen LogP contribution is -2.36. The number of rotatable bonds is 5. The fourth-order valence-electron chi connectivity index (χ4n) is 3.38. The van der Waals surface area contributed by atoms with Crippen molar-refractivity contribution < 1.29 is 22.7 Å². The number of nitrogens with one attached hydrogen (secondary N) is 1. The van der Waals surface area contributed by atoms with E-state index in [-0.39, 0.29) is 23.3 Å². The molecule has 0 saturated heterocycles. The number of benzene rings is 2. The highest BCUT2D eigenvalue weighted by Gasteiger charge is 2.34. The minimum absolute atomic E-state index is 0.0172. The molecule has 0 aromatic heterocycles. The molecule has 28 heavy (non-hydrogen) atoms. The van der Waals surface area contributed by atoms with E-state index in [0.29, 0.717) is 23.4 Å². The Bertz CT molecular complexity index is 1030.